The van der Waals surface area contributed by atoms with Crippen LogP contribution in [0.25, 0.3) is 5.78 Å². The van der Waals surface area contributed by atoms with E-state index in [2.05, 4.69) is 63.3 Å². The van der Waals surface area contributed by atoms with Crippen molar-refractivity contribution in [2.45, 2.75) is 32.7 Å². The van der Waals surface area contributed by atoms with E-state index in [1.807, 2.05) is 11.4 Å². The summed E-state index contributed by atoms with van der Waals surface area (Å²) in [5, 5.41) is 4.39. The van der Waals surface area contributed by atoms with Crippen molar-refractivity contribution in [1.29, 1.82) is 0 Å². The maximum Gasteiger partial charge on any atom is 0.254 e. The Balaban J connectivity index is 1.83. The number of hydrogen-bond donors (Lipinski definition) is 0. The third-order valence-electron chi connectivity index (χ3n) is 4.66. The number of anilines is 1. The first-order valence-corrected chi connectivity index (χ1v) is 8.21. The SMILES string of the molecule is Cc1cc(N2C[C@H](C)CC[C@@H]2c2ccccc2)n2ncnc2n1. The Morgan fingerprint density at radius 2 is 1.96 bits per heavy atom. The molecule has 2 atom stereocenters. The summed E-state index contributed by atoms with van der Waals surface area (Å²) in [6.45, 7) is 5.36. The fourth-order valence-electron chi connectivity index (χ4n) is 3.54. The van der Waals surface area contributed by atoms with E-state index in [1.165, 1.54) is 12.0 Å². The minimum atomic E-state index is 0.376. The average Bonchev–Trinajstić information content (AvgIpc) is 3.03. The summed E-state index contributed by atoms with van der Waals surface area (Å²) < 4.78 is 1.86. The second-order valence-electron chi connectivity index (χ2n) is 6.49. The maximum absolute atomic E-state index is 4.47. The molecule has 5 heteroatoms. The van der Waals surface area contributed by atoms with Crippen molar-refractivity contribution in [2.75, 3.05) is 11.4 Å². The number of hydrogen-bond acceptors (Lipinski definition) is 4. The lowest BCUT2D eigenvalue weighted by Gasteiger charge is -2.40. The van der Waals surface area contributed by atoms with Crippen molar-refractivity contribution in [1.82, 2.24) is 19.6 Å². The molecule has 3 aromatic rings. The van der Waals surface area contributed by atoms with Crippen molar-refractivity contribution < 1.29 is 0 Å². The van der Waals surface area contributed by atoms with Crippen LogP contribution in [0.15, 0.2) is 42.7 Å². The first-order valence-electron chi connectivity index (χ1n) is 8.21. The summed E-state index contributed by atoms with van der Waals surface area (Å²) in [6.07, 6.45) is 3.99. The zero-order valence-electron chi connectivity index (χ0n) is 13.6. The van der Waals surface area contributed by atoms with Crippen LogP contribution in [0, 0.1) is 12.8 Å². The number of piperidine rings is 1. The van der Waals surface area contributed by atoms with Crippen molar-refractivity contribution in [2.24, 2.45) is 5.92 Å². The predicted molar refractivity (Wildman–Crippen MR) is 90.4 cm³/mol. The zero-order valence-corrected chi connectivity index (χ0v) is 13.6. The molecule has 0 radical (unpaired) electrons. The number of nitrogens with zero attached hydrogens (tertiary/aromatic N) is 5. The van der Waals surface area contributed by atoms with Gasteiger partial charge >= 0.3 is 0 Å². The van der Waals surface area contributed by atoms with Crippen LogP contribution in [0.2, 0.25) is 0 Å². The summed E-state index contributed by atoms with van der Waals surface area (Å²) in [5.41, 5.74) is 2.34. The molecule has 1 aliphatic heterocycles. The Morgan fingerprint density at radius 1 is 1.13 bits per heavy atom. The molecule has 1 saturated heterocycles. The van der Waals surface area contributed by atoms with Gasteiger partial charge in [-0.25, -0.2) is 4.98 Å². The van der Waals surface area contributed by atoms with Gasteiger partial charge in [-0.05, 0) is 31.2 Å². The Labute approximate surface area is 136 Å². The molecular weight excluding hydrogens is 286 g/mol. The highest BCUT2D eigenvalue weighted by Gasteiger charge is 2.29. The highest BCUT2D eigenvalue weighted by molar-refractivity contribution is 5.50. The molecule has 0 unspecified atom stereocenters. The first-order chi connectivity index (χ1) is 11.2. The second kappa shape index (κ2) is 5.65. The standard InChI is InChI=1S/C18H21N5/c1-13-8-9-16(15-6-4-3-5-7-15)22(11-13)17-10-14(2)21-18-19-12-20-23(17)18/h3-7,10,12-13,16H,8-9,11H2,1-2H3/t13-,16-/m1/s1. The number of fused-ring (bicyclic) bond motifs is 1. The quantitative estimate of drug-likeness (QED) is 0.728. The molecule has 23 heavy (non-hydrogen) atoms. The van der Waals surface area contributed by atoms with Gasteiger partial charge in [0.15, 0.2) is 0 Å². The molecular formula is C18H21N5. The number of rotatable bonds is 2. The molecule has 118 valence electrons. The van der Waals surface area contributed by atoms with Gasteiger partial charge in [0.2, 0.25) is 0 Å². The van der Waals surface area contributed by atoms with Gasteiger partial charge in [0.1, 0.15) is 12.1 Å². The van der Waals surface area contributed by atoms with Crippen LogP contribution >= 0.6 is 0 Å². The summed E-state index contributed by atoms with van der Waals surface area (Å²) >= 11 is 0. The smallest absolute Gasteiger partial charge is 0.254 e. The van der Waals surface area contributed by atoms with Crippen molar-refractivity contribution in [3.63, 3.8) is 0 Å². The Hall–Kier alpha value is -2.43. The van der Waals surface area contributed by atoms with Gasteiger partial charge in [-0.15, -0.1) is 0 Å². The molecule has 1 aromatic carbocycles. The topological polar surface area (TPSA) is 46.3 Å². The molecule has 5 nitrogen and oxygen atoms in total. The van der Waals surface area contributed by atoms with E-state index in [-0.39, 0.29) is 0 Å². The van der Waals surface area contributed by atoms with Crippen LogP contribution in [-0.4, -0.2) is 26.1 Å². The fourth-order valence-corrected chi connectivity index (χ4v) is 3.54. The summed E-state index contributed by atoms with van der Waals surface area (Å²) in [4.78, 5) is 11.2. The second-order valence-corrected chi connectivity index (χ2v) is 6.49. The minimum Gasteiger partial charge on any atom is -0.349 e. The number of aryl methyl sites for hydroxylation is 1. The predicted octanol–water partition coefficient (Wildman–Crippen LogP) is 3.41. The van der Waals surface area contributed by atoms with Gasteiger partial charge in [0.25, 0.3) is 5.78 Å². The van der Waals surface area contributed by atoms with E-state index in [9.17, 15) is 0 Å². The zero-order chi connectivity index (χ0) is 15.8. The highest BCUT2D eigenvalue weighted by Crippen LogP contribution is 2.36. The number of aromatic nitrogens is 4. The maximum atomic E-state index is 4.47. The van der Waals surface area contributed by atoms with Crippen molar-refractivity contribution in [3.05, 3.63) is 54.0 Å². The van der Waals surface area contributed by atoms with Crippen LogP contribution in [0.5, 0.6) is 0 Å². The molecule has 3 heterocycles. The monoisotopic (exact) mass is 307 g/mol. The molecule has 2 aromatic heterocycles. The lowest BCUT2D eigenvalue weighted by Crippen LogP contribution is -2.38. The summed E-state index contributed by atoms with van der Waals surface area (Å²) in [5.74, 6) is 2.43. The van der Waals surface area contributed by atoms with Crippen LogP contribution in [0.3, 0.4) is 0 Å². The lowest BCUT2D eigenvalue weighted by atomic mass is 9.90. The van der Waals surface area contributed by atoms with E-state index in [0.29, 0.717) is 17.7 Å². The molecule has 1 aliphatic rings. The molecule has 0 bridgehead atoms. The fraction of sp³-hybridized carbons (Fsp3) is 0.389. The van der Waals surface area contributed by atoms with Crippen molar-refractivity contribution >= 4 is 11.6 Å². The average molecular weight is 307 g/mol. The molecule has 1 fully saturated rings. The van der Waals surface area contributed by atoms with Crippen LogP contribution in [-0.2, 0) is 0 Å². The third kappa shape index (κ3) is 2.56. The minimum absolute atomic E-state index is 0.376. The van der Waals surface area contributed by atoms with Gasteiger partial charge in [-0.2, -0.15) is 14.6 Å². The summed E-state index contributed by atoms with van der Waals surface area (Å²) in [6, 6.07) is 13.3. The van der Waals surface area contributed by atoms with E-state index >= 15 is 0 Å². The van der Waals surface area contributed by atoms with E-state index in [4.69, 9.17) is 0 Å². The van der Waals surface area contributed by atoms with Gasteiger partial charge in [-0.1, -0.05) is 37.3 Å². The highest BCUT2D eigenvalue weighted by atomic mass is 15.4. The molecule has 4 rings (SSSR count). The molecule has 0 saturated carbocycles. The molecule has 0 amide bonds. The molecule has 0 aliphatic carbocycles. The van der Waals surface area contributed by atoms with Crippen LogP contribution < -0.4 is 4.90 Å². The first kappa shape index (κ1) is 14.2. The Bertz CT molecular complexity index is 811. The van der Waals surface area contributed by atoms with Gasteiger partial charge < -0.3 is 4.90 Å². The largest absolute Gasteiger partial charge is 0.349 e. The van der Waals surface area contributed by atoms with Gasteiger partial charge in [0, 0.05) is 18.3 Å². The van der Waals surface area contributed by atoms with Gasteiger partial charge in [0.05, 0.1) is 6.04 Å². The normalized spacial score (nSPS) is 21.7. The van der Waals surface area contributed by atoms with Crippen molar-refractivity contribution in [3.8, 4) is 0 Å². The Kier molecular flexibility index (Phi) is 3.48. The Morgan fingerprint density at radius 3 is 2.78 bits per heavy atom. The third-order valence-corrected chi connectivity index (χ3v) is 4.66. The van der Waals surface area contributed by atoms with Crippen LogP contribution in [0.1, 0.15) is 37.1 Å². The molecule has 0 N–H and O–H groups in total. The lowest BCUT2D eigenvalue weighted by molar-refractivity contribution is 0.377. The number of benzene rings is 1. The molecule has 0 spiro atoms. The van der Waals surface area contributed by atoms with E-state index < -0.39 is 0 Å². The van der Waals surface area contributed by atoms with E-state index in [1.54, 1.807) is 6.33 Å². The van der Waals surface area contributed by atoms with Crippen LogP contribution in [0.4, 0.5) is 5.82 Å². The van der Waals surface area contributed by atoms with Gasteiger partial charge in [-0.3, -0.25) is 0 Å². The summed E-state index contributed by atoms with van der Waals surface area (Å²) in [7, 11) is 0. The van der Waals surface area contributed by atoms with E-state index in [0.717, 1.165) is 24.5 Å².